The summed E-state index contributed by atoms with van der Waals surface area (Å²) in [4.78, 5) is 0. The van der Waals surface area contributed by atoms with Crippen molar-refractivity contribution in [1.82, 2.24) is 0 Å². The van der Waals surface area contributed by atoms with Gasteiger partial charge in [0.1, 0.15) is 0 Å². The van der Waals surface area contributed by atoms with Crippen LogP contribution in [0.1, 0.15) is 52.9 Å². The summed E-state index contributed by atoms with van der Waals surface area (Å²) < 4.78 is 24.8. The molecule has 1 aliphatic rings. The fourth-order valence-electron chi connectivity index (χ4n) is 2.59. The zero-order valence-electron chi connectivity index (χ0n) is 11.2. The number of alkyl halides is 1. The molecule has 1 aliphatic carbocycles. The fraction of sp³-hybridized carbons (Fsp3) is 1.00. The SMILES string of the molecule is CC(C)C(C)S(=O)(=O)CC1(CBr)CCCCC1. The number of rotatable bonds is 5. The number of halogens is 1. The van der Waals surface area contributed by atoms with Gasteiger partial charge < -0.3 is 0 Å². The van der Waals surface area contributed by atoms with Gasteiger partial charge in [0.05, 0.1) is 11.0 Å². The third kappa shape index (κ3) is 3.95. The predicted molar refractivity (Wildman–Crippen MR) is 77.4 cm³/mol. The van der Waals surface area contributed by atoms with Crippen LogP contribution in [0, 0.1) is 11.3 Å². The maximum absolute atomic E-state index is 12.4. The lowest BCUT2D eigenvalue weighted by Crippen LogP contribution is -2.38. The lowest BCUT2D eigenvalue weighted by Gasteiger charge is -2.36. The minimum absolute atomic E-state index is 0.000231. The summed E-state index contributed by atoms with van der Waals surface area (Å²) in [5.74, 6) is 0.570. The molecule has 0 aromatic heterocycles. The third-order valence-electron chi connectivity index (χ3n) is 4.21. The van der Waals surface area contributed by atoms with Crippen LogP contribution in [-0.2, 0) is 9.84 Å². The Hall–Kier alpha value is 0.430. The molecule has 102 valence electrons. The molecule has 0 spiro atoms. The molecule has 0 N–H and O–H groups in total. The van der Waals surface area contributed by atoms with Crippen LogP contribution in [0.25, 0.3) is 0 Å². The first-order valence-corrected chi connectivity index (χ1v) is 9.44. The molecule has 0 amide bonds. The van der Waals surface area contributed by atoms with Crippen LogP contribution >= 0.6 is 15.9 Å². The first-order chi connectivity index (χ1) is 7.83. The summed E-state index contributed by atoms with van der Waals surface area (Å²) in [5.41, 5.74) is 0.000231. The molecular formula is C13H25BrO2S. The normalized spacial score (nSPS) is 22.6. The topological polar surface area (TPSA) is 34.1 Å². The van der Waals surface area contributed by atoms with E-state index in [0.717, 1.165) is 18.2 Å². The first kappa shape index (κ1) is 15.5. The quantitative estimate of drug-likeness (QED) is 0.721. The Kier molecular flexibility index (Phi) is 5.51. The van der Waals surface area contributed by atoms with Gasteiger partial charge in [0.2, 0.25) is 0 Å². The highest BCUT2D eigenvalue weighted by molar-refractivity contribution is 9.09. The van der Waals surface area contributed by atoms with Crippen LogP contribution in [0.15, 0.2) is 0 Å². The smallest absolute Gasteiger partial charge is 0.153 e. The number of hydrogen-bond donors (Lipinski definition) is 0. The average Bonchev–Trinajstić information content (AvgIpc) is 2.28. The van der Waals surface area contributed by atoms with E-state index in [4.69, 9.17) is 0 Å². The van der Waals surface area contributed by atoms with Crippen LogP contribution in [0.2, 0.25) is 0 Å². The minimum atomic E-state index is -2.96. The summed E-state index contributed by atoms with van der Waals surface area (Å²) in [7, 11) is -2.96. The Morgan fingerprint density at radius 3 is 2.06 bits per heavy atom. The van der Waals surface area contributed by atoms with Gasteiger partial charge in [-0.2, -0.15) is 0 Å². The molecule has 0 saturated heterocycles. The van der Waals surface area contributed by atoms with Crippen molar-refractivity contribution in [1.29, 1.82) is 0 Å². The molecule has 0 aliphatic heterocycles. The van der Waals surface area contributed by atoms with Gasteiger partial charge in [-0.15, -0.1) is 0 Å². The maximum Gasteiger partial charge on any atom is 0.153 e. The largest absolute Gasteiger partial charge is 0.229 e. The molecule has 1 fully saturated rings. The predicted octanol–water partition coefficient (Wildman–Crippen LogP) is 3.79. The van der Waals surface area contributed by atoms with Gasteiger partial charge in [0.25, 0.3) is 0 Å². The molecule has 0 heterocycles. The molecule has 1 rings (SSSR count). The van der Waals surface area contributed by atoms with Crippen molar-refractivity contribution in [2.75, 3.05) is 11.1 Å². The molecule has 0 aromatic rings. The van der Waals surface area contributed by atoms with E-state index in [1.54, 1.807) is 0 Å². The van der Waals surface area contributed by atoms with Crippen molar-refractivity contribution in [3.8, 4) is 0 Å². The highest BCUT2D eigenvalue weighted by Gasteiger charge is 2.38. The first-order valence-electron chi connectivity index (χ1n) is 6.60. The van der Waals surface area contributed by atoms with Crippen molar-refractivity contribution in [2.45, 2.75) is 58.1 Å². The number of hydrogen-bond acceptors (Lipinski definition) is 2. The number of sulfone groups is 1. The molecule has 17 heavy (non-hydrogen) atoms. The Morgan fingerprint density at radius 1 is 1.12 bits per heavy atom. The van der Waals surface area contributed by atoms with Crippen molar-refractivity contribution < 1.29 is 8.42 Å². The lowest BCUT2D eigenvalue weighted by molar-refractivity contribution is 0.255. The molecule has 1 unspecified atom stereocenters. The molecule has 2 nitrogen and oxygen atoms in total. The van der Waals surface area contributed by atoms with Crippen molar-refractivity contribution in [3.05, 3.63) is 0 Å². The summed E-state index contributed by atoms with van der Waals surface area (Å²) in [6, 6.07) is 0. The molecule has 0 aromatic carbocycles. The summed E-state index contributed by atoms with van der Waals surface area (Å²) in [6.07, 6.45) is 5.73. The molecule has 0 radical (unpaired) electrons. The average molecular weight is 325 g/mol. The van der Waals surface area contributed by atoms with Gasteiger partial charge in [-0.05, 0) is 31.1 Å². The van der Waals surface area contributed by atoms with Crippen LogP contribution in [-0.4, -0.2) is 24.8 Å². The molecule has 4 heteroatoms. The van der Waals surface area contributed by atoms with Crippen LogP contribution in [0.3, 0.4) is 0 Å². The Morgan fingerprint density at radius 2 is 1.65 bits per heavy atom. The lowest BCUT2D eigenvalue weighted by atomic mass is 9.77. The van der Waals surface area contributed by atoms with E-state index >= 15 is 0 Å². The zero-order valence-corrected chi connectivity index (χ0v) is 13.6. The van der Waals surface area contributed by atoms with Crippen molar-refractivity contribution in [3.63, 3.8) is 0 Å². The maximum atomic E-state index is 12.4. The van der Waals surface area contributed by atoms with Crippen molar-refractivity contribution >= 4 is 25.8 Å². The molecule has 1 saturated carbocycles. The van der Waals surface area contributed by atoms with E-state index < -0.39 is 9.84 Å². The summed E-state index contributed by atoms with van der Waals surface area (Å²) in [6.45, 7) is 5.83. The molecular weight excluding hydrogens is 300 g/mol. The van der Waals surface area contributed by atoms with Gasteiger partial charge in [-0.1, -0.05) is 49.0 Å². The second-order valence-corrected chi connectivity index (χ2v) is 8.87. The second-order valence-electron chi connectivity index (χ2n) is 5.95. The minimum Gasteiger partial charge on any atom is -0.229 e. The van der Waals surface area contributed by atoms with E-state index in [1.165, 1.54) is 19.3 Å². The highest BCUT2D eigenvalue weighted by atomic mass is 79.9. The van der Waals surface area contributed by atoms with Gasteiger partial charge >= 0.3 is 0 Å². The van der Waals surface area contributed by atoms with Crippen LogP contribution in [0.5, 0.6) is 0 Å². The van der Waals surface area contributed by atoms with E-state index in [2.05, 4.69) is 15.9 Å². The van der Waals surface area contributed by atoms with Crippen LogP contribution < -0.4 is 0 Å². The van der Waals surface area contributed by atoms with E-state index in [9.17, 15) is 8.42 Å². The Balaban J connectivity index is 2.80. The van der Waals surface area contributed by atoms with Crippen molar-refractivity contribution in [2.24, 2.45) is 11.3 Å². The van der Waals surface area contributed by atoms with Gasteiger partial charge in [-0.25, -0.2) is 8.42 Å². The van der Waals surface area contributed by atoms with E-state index in [0.29, 0.717) is 5.75 Å². The van der Waals surface area contributed by atoms with E-state index in [-0.39, 0.29) is 16.6 Å². The fourth-order valence-corrected chi connectivity index (χ4v) is 5.95. The highest BCUT2D eigenvalue weighted by Crippen LogP contribution is 2.40. The van der Waals surface area contributed by atoms with E-state index in [1.807, 2.05) is 20.8 Å². The van der Waals surface area contributed by atoms with Gasteiger partial charge in [0.15, 0.2) is 9.84 Å². The second kappa shape index (κ2) is 6.05. The molecule has 0 bridgehead atoms. The Bertz CT molecular complexity index is 329. The van der Waals surface area contributed by atoms with Gasteiger partial charge in [0, 0.05) is 5.33 Å². The third-order valence-corrected chi connectivity index (χ3v) is 8.09. The summed E-state index contributed by atoms with van der Waals surface area (Å²) >= 11 is 3.54. The Labute approximate surface area is 115 Å². The van der Waals surface area contributed by atoms with Crippen LogP contribution in [0.4, 0.5) is 0 Å². The zero-order chi connectivity index (χ0) is 13.1. The summed E-state index contributed by atoms with van der Waals surface area (Å²) in [5, 5.41) is 0.602. The molecule has 1 atom stereocenters. The monoisotopic (exact) mass is 324 g/mol. The standard InChI is InChI=1S/C13H25BrO2S/c1-11(2)12(3)17(15,16)10-13(9-14)7-5-4-6-8-13/h11-12H,4-10H2,1-3H3. The van der Waals surface area contributed by atoms with Gasteiger partial charge in [-0.3, -0.25) is 0 Å².